The van der Waals surface area contributed by atoms with E-state index in [0.717, 1.165) is 31.2 Å². The molecule has 0 radical (unpaired) electrons. The van der Waals surface area contributed by atoms with Crippen LogP contribution in [0.5, 0.6) is 11.5 Å². The van der Waals surface area contributed by atoms with E-state index in [-0.39, 0.29) is 18.6 Å². The highest BCUT2D eigenvalue weighted by atomic mass is 79.9. The van der Waals surface area contributed by atoms with Crippen molar-refractivity contribution in [1.29, 1.82) is 0 Å². The van der Waals surface area contributed by atoms with Gasteiger partial charge >= 0.3 is 0 Å². The number of rotatable bonds is 5. The van der Waals surface area contributed by atoms with Gasteiger partial charge in [-0.3, -0.25) is 9.69 Å². The van der Waals surface area contributed by atoms with Crippen LogP contribution in [-0.2, 0) is 4.79 Å². The molecular formula is C20H20BrNO3S2. The van der Waals surface area contributed by atoms with Gasteiger partial charge in [-0.05, 0) is 52.5 Å². The summed E-state index contributed by atoms with van der Waals surface area (Å²) in [7, 11) is 1.57. The minimum atomic E-state index is -0.000326. The minimum Gasteiger partial charge on any atom is -0.493 e. The molecule has 1 aliphatic heterocycles. The molecule has 0 N–H and O–H groups in total. The van der Waals surface area contributed by atoms with E-state index in [1.54, 1.807) is 7.11 Å². The molecule has 0 bridgehead atoms. The first-order valence-corrected chi connectivity index (χ1v) is 10.8. The Hall–Kier alpha value is -1.49. The Morgan fingerprint density at radius 1 is 1.41 bits per heavy atom. The van der Waals surface area contributed by atoms with Gasteiger partial charge in [0.1, 0.15) is 10.9 Å². The predicted molar refractivity (Wildman–Crippen MR) is 117 cm³/mol. The maximum absolute atomic E-state index is 12.9. The number of hydrogen-bond donors (Lipinski definition) is 0. The van der Waals surface area contributed by atoms with Crippen LogP contribution >= 0.6 is 39.9 Å². The fourth-order valence-corrected chi connectivity index (χ4v) is 5.34. The number of methoxy groups -OCH3 is 1. The van der Waals surface area contributed by atoms with E-state index in [1.165, 1.54) is 18.2 Å². The van der Waals surface area contributed by atoms with Crippen molar-refractivity contribution in [3.05, 3.63) is 27.1 Å². The van der Waals surface area contributed by atoms with Crippen LogP contribution in [0, 0.1) is 12.3 Å². The van der Waals surface area contributed by atoms with Crippen LogP contribution in [0.3, 0.4) is 0 Å². The smallest absolute Gasteiger partial charge is 0.266 e. The Balaban J connectivity index is 1.86. The quantitative estimate of drug-likeness (QED) is 0.347. The number of thiocarbonyl (C=S) groups is 1. The lowest BCUT2D eigenvalue weighted by Crippen LogP contribution is -2.39. The normalized spacial score (nSPS) is 19.4. The zero-order chi connectivity index (χ0) is 19.4. The number of terminal acetylenes is 1. The third kappa shape index (κ3) is 4.50. The fourth-order valence-electron chi connectivity index (χ4n) is 3.36. The number of ether oxygens (including phenoxy) is 2. The molecule has 3 rings (SSSR count). The molecule has 1 saturated carbocycles. The maximum Gasteiger partial charge on any atom is 0.266 e. The number of amides is 1. The van der Waals surface area contributed by atoms with Crippen molar-refractivity contribution < 1.29 is 14.3 Å². The van der Waals surface area contributed by atoms with Gasteiger partial charge < -0.3 is 9.47 Å². The van der Waals surface area contributed by atoms with Crippen LogP contribution < -0.4 is 9.47 Å². The number of halogens is 1. The number of nitrogens with zero attached hydrogens (tertiary/aromatic N) is 1. The van der Waals surface area contributed by atoms with Crippen molar-refractivity contribution in [2.75, 3.05) is 13.7 Å². The third-order valence-corrected chi connectivity index (χ3v) is 6.53. The summed E-state index contributed by atoms with van der Waals surface area (Å²) in [5.74, 6) is 3.53. The summed E-state index contributed by atoms with van der Waals surface area (Å²) in [4.78, 5) is 15.4. The Bertz CT molecular complexity index is 825. The van der Waals surface area contributed by atoms with Gasteiger partial charge in [0.05, 0.1) is 16.5 Å². The Labute approximate surface area is 177 Å². The van der Waals surface area contributed by atoms with Crippen molar-refractivity contribution in [1.82, 2.24) is 4.90 Å². The lowest BCUT2D eigenvalue weighted by atomic mass is 9.94. The molecule has 1 saturated heterocycles. The average Bonchev–Trinajstić information content (AvgIpc) is 2.94. The lowest BCUT2D eigenvalue weighted by Gasteiger charge is -2.29. The van der Waals surface area contributed by atoms with E-state index in [9.17, 15) is 4.79 Å². The summed E-state index contributed by atoms with van der Waals surface area (Å²) in [5, 5.41) is 0. The Kier molecular flexibility index (Phi) is 6.85. The molecule has 1 aliphatic carbocycles. The van der Waals surface area contributed by atoms with Crippen molar-refractivity contribution in [2.45, 2.75) is 38.1 Å². The second-order valence-corrected chi connectivity index (χ2v) is 8.90. The predicted octanol–water partition coefficient (Wildman–Crippen LogP) is 5.00. The number of carbonyl (C=O) groups is 1. The molecule has 1 aromatic rings. The van der Waals surface area contributed by atoms with Gasteiger partial charge in [-0.25, -0.2) is 0 Å². The fraction of sp³-hybridized carbons (Fsp3) is 0.400. The average molecular weight is 466 g/mol. The highest BCUT2D eigenvalue weighted by Gasteiger charge is 2.37. The van der Waals surface area contributed by atoms with Crippen molar-refractivity contribution in [3.63, 3.8) is 0 Å². The van der Waals surface area contributed by atoms with Gasteiger partial charge in [0.25, 0.3) is 5.91 Å². The van der Waals surface area contributed by atoms with Gasteiger partial charge in [-0.15, -0.1) is 6.42 Å². The van der Waals surface area contributed by atoms with E-state index in [0.29, 0.717) is 25.2 Å². The van der Waals surface area contributed by atoms with Crippen LogP contribution in [0.2, 0.25) is 0 Å². The van der Waals surface area contributed by atoms with E-state index in [4.69, 9.17) is 28.1 Å². The molecule has 7 heteroatoms. The zero-order valence-electron chi connectivity index (χ0n) is 15.0. The zero-order valence-corrected chi connectivity index (χ0v) is 18.2. The van der Waals surface area contributed by atoms with E-state index in [2.05, 4.69) is 21.9 Å². The lowest BCUT2D eigenvalue weighted by molar-refractivity contribution is -0.124. The molecule has 1 amide bonds. The topological polar surface area (TPSA) is 38.8 Å². The van der Waals surface area contributed by atoms with Crippen LogP contribution in [0.15, 0.2) is 21.5 Å². The largest absolute Gasteiger partial charge is 0.493 e. The second kappa shape index (κ2) is 9.13. The number of hydrogen-bond acceptors (Lipinski definition) is 5. The first-order chi connectivity index (χ1) is 13.0. The second-order valence-electron chi connectivity index (χ2n) is 6.37. The van der Waals surface area contributed by atoms with Gasteiger partial charge in [0.15, 0.2) is 11.5 Å². The molecule has 0 spiro atoms. The molecule has 0 unspecified atom stereocenters. The highest BCUT2D eigenvalue weighted by Crippen LogP contribution is 2.40. The molecular weight excluding hydrogens is 446 g/mol. The van der Waals surface area contributed by atoms with E-state index in [1.807, 2.05) is 23.1 Å². The summed E-state index contributed by atoms with van der Waals surface area (Å²) in [6.45, 7) is 0.147. The molecule has 142 valence electrons. The number of thioether (sulfide) groups is 1. The van der Waals surface area contributed by atoms with Crippen LogP contribution in [0.25, 0.3) is 6.08 Å². The Morgan fingerprint density at radius 3 is 2.81 bits per heavy atom. The summed E-state index contributed by atoms with van der Waals surface area (Å²) in [6, 6.07) is 3.93. The molecule has 4 nitrogen and oxygen atoms in total. The molecule has 1 heterocycles. The molecule has 27 heavy (non-hydrogen) atoms. The van der Waals surface area contributed by atoms with Crippen molar-refractivity contribution in [2.24, 2.45) is 0 Å². The minimum absolute atomic E-state index is 0.000326. The maximum atomic E-state index is 12.9. The number of carbonyl (C=O) groups excluding carboxylic acids is 1. The highest BCUT2D eigenvalue weighted by molar-refractivity contribution is 9.10. The van der Waals surface area contributed by atoms with Crippen LogP contribution in [0.4, 0.5) is 0 Å². The molecule has 2 fully saturated rings. The first-order valence-electron chi connectivity index (χ1n) is 8.76. The summed E-state index contributed by atoms with van der Waals surface area (Å²) < 4.78 is 12.3. The van der Waals surface area contributed by atoms with Crippen LogP contribution in [0.1, 0.15) is 37.7 Å². The summed E-state index contributed by atoms with van der Waals surface area (Å²) in [6.07, 6.45) is 12.7. The van der Waals surface area contributed by atoms with Gasteiger partial charge in [0, 0.05) is 6.04 Å². The van der Waals surface area contributed by atoms with E-state index >= 15 is 0 Å². The molecule has 0 atom stereocenters. The van der Waals surface area contributed by atoms with Crippen molar-refractivity contribution in [3.8, 4) is 23.8 Å². The van der Waals surface area contributed by atoms with Gasteiger partial charge in [0.2, 0.25) is 0 Å². The van der Waals surface area contributed by atoms with Gasteiger partial charge in [-0.1, -0.05) is 49.2 Å². The van der Waals surface area contributed by atoms with Gasteiger partial charge in [-0.2, -0.15) is 0 Å². The summed E-state index contributed by atoms with van der Waals surface area (Å²) >= 11 is 10.3. The SMILES string of the molecule is C#CCOc1c(Br)cc(/C=C2/SC(=S)N(C3CCCCC3)C2=O)cc1OC. The van der Waals surface area contributed by atoms with Crippen molar-refractivity contribution >= 4 is 56.2 Å². The van der Waals surface area contributed by atoms with Crippen LogP contribution in [-0.4, -0.2) is 34.9 Å². The third-order valence-electron chi connectivity index (χ3n) is 4.61. The summed E-state index contributed by atoms with van der Waals surface area (Å²) in [5.41, 5.74) is 0.830. The first kappa shape index (κ1) is 20.2. The number of benzene rings is 1. The molecule has 0 aromatic heterocycles. The standard InChI is InChI=1S/C20H20BrNO3S2/c1-3-9-25-18-15(21)10-13(11-16(18)24-2)12-17-19(23)22(20(26)27-17)14-7-5-4-6-8-14/h1,10-12,14H,4-9H2,2H3/b17-12+. The monoisotopic (exact) mass is 465 g/mol. The molecule has 1 aromatic carbocycles. The van der Waals surface area contributed by atoms with E-state index < -0.39 is 0 Å². The Morgan fingerprint density at radius 2 is 2.15 bits per heavy atom. The molecule has 2 aliphatic rings.